The maximum absolute atomic E-state index is 12.7. The number of aryl methyl sites for hydroxylation is 1. The molecule has 4 rings (SSSR count). The molecule has 1 aliphatic heterocycles. The Hall–Kier alpha value is -2.89. The molecule has 0 spiro atoms. The first-order chi connectivity index (χ1) is 14.0. The Kier molecular flexibility index (Phi) is 5.26. The van der Waals surface area contributed by atoms with Crippen LogP contribution >= 0.6 is 0 Å². The molecule has 0 unspecified atom stereocenters. The van der Waals surface area contributed by atoms with E-state index in [2.05, 4.69) is 42.0 Å². The number of aromatic nitrogens is 3. The van der Waals surface area contributed by atoms with Crippen molar-refractivity contribution in [2.24, 2.45) is 5.92 Å². The van der Waals surface area contributed by atoms with E-state index in [1.54, 1.807) is 0 Å². The Labute approximate surface area is 172 Å². The highest BCUT2D eigenvalue weighted by molar-refractivity contribution is 5.79. The Morgan fingerprint density at radius 1 is 1.17 bits per heavy atom. The number of hydrogen-bond acceptors (Lipinski definition) is 4. The molecule has 3 heterocycles. The van der Waals surface area contributed by atoms with Crippen LogP contribution in [0.15, 0.2) is 42.6 Å². The maximum Gasteiger partial charge on any atom is 0.225 e. The lowest BCUT2D eigenvalue weighted by Crippen LogP contribution is -2.43. The van der Waals surface area contributed by atoms with Crippen LogP contribution in [0.1, 0.15) is 32.3 Å². The van der Waals surface area contributed by atoms with Crippen LogP contribution in [0.25, 0.3) is 16.9 Å². The Bertz CT molecular complexity index is 1000. The van der Waals surface area contributed by atoms with E-state index in [1.165, 1.54) is 0 Å². The Morgan fingerprint density at radius 2 is 1.86 bits per heavy atom. The number of fused-ring (bicyclic) bond motifs is 1. The van der Waals surface area contributed by atoms with Crippen LogP contribution in [0.5, 0.6) is 0 Å². The van der Waals surface area contributed by atoms with Gasteiger partial charge in [-0.15, -0.1) is 0 Å². The van der Waals surface area contributed by atoms with E-state index in [9.17, 15) is 4.79 Å². The molecule has 0 N–H and O–H groups in total. The third-order valence-electron chi connectivity index (χ3n) is 5.99. The Balaban J connectivity index is 1.61. The molecule has 152 valence electrons. The van der Waals surface area contributed by atoms with Crippen LogP contribution in [-0.4, -0.2) is 51.6 Å². The molecule has 0 bridgehead atoms. The number of nitrogens with zero attached hydrogens (tertiary/aromatic N) is 5. The molecule has 1 saturated heterocycles. The zero-order chi connectivity index (χ0) is 20.5. The molecule has 3 aromatic rings. The highest BCUT2D eigenvalue weighted by atomic mass is 16.2. The Morgan fingerprint density at radius 3 is 2.52 bits per heavy atom. The molecule has 6 heteroatoms. The summed E-state index contributed by atoms with van der Waals surface area (Å²) in [4.78, 5) is 21.8. The lowest BCUT2D eigenvalue weighted by atomic mass is 9.95. The van der Waals surface area contributed by atoms with Gasteiger partial charge in [0.05, 0.1) is 11.9 Å². The van der Waals surface area contributed by atoms with Gasteiger partial charge in [0.15, 0.2) is 5.65 Å². The van der Waals surface area contributed by atoms with Crippen molar-refractivity contribution in [1.82, 2.24) is 19.5 Å². The second-order valence-electron chi connectivity index (χ2n) is 8.23. The fourth-order valence-corrected chi connectivity index (χ4v) is 3.93. The summed E-state index contributed by atoms with van der Waals surface area (Å²) in [7, 11) is 1.91. The highest BCUT2D eigenvalue weighted by Crippen LogP contribution is 2.29. The van der Waals surface area contributed by atoms with E-state index in [0.29, 0.717) is 0 Å². The van der Waals surface area contributed by atoms with E-state index in [4.69, 9.17) is 4.98 Å². The molecule has 0 aliphatic carbocycles. The summed E-state index contributed by atoms with van der Waals surface area (Å²) < 4.78 is 1.92. The lowest BCUT2D eigenvalue weighted by Gasteiger charge is -2.35. The van der Waals surface area contributed by atoms with Gasteiger partial charge < -0.3 is 9.80 Å². The molecule has 1 fully saturated rings. The number of hydrogen-bond donors (Lipinski definition) is 0. The first-order valence-corrected chi connectivity index (χ1v) is 10.4. The number of carbonyl (C=O) groups excluding carboxylic acids is 1. The first kappa shape index (κ1) is 19.4. The molecule has 0 saturated carbocycles. The molecule has 1 amide bonds. The number of carbonyl (C=O) groups is 1. The summed E-state index contributed by atoms with van der Waals surface area (Å²) in [6, 6.07) is 12.7. The summed E-state index contributed by atoms with van der Waals surface area (Å²) in [6.45, 7) is 7.84. The highest BCUT2D eigenvalue weighted by Gasteiger charge is 2.29. The van der Waals surface area contributed by atoms with E-state index < -0.39 is 0 Å². The normalized spacial score (nSPS) is 15.3. The fraction of sp³-hybridized carbons (Fsp3) is 0.435. The molecule has 29 heavy (non-hydrogen) atoms. The van der Waals surface area contributed by atoms with Gasteiger partial charge in [0.1, 0.15) is 5.82 Å². The van der Waals surface area contributed by atoms with Crippen molar-refractivity contribution in [1.29, 1.82) is 0 Å². The van der Waals surface area contributed by atoms with Gasteiger partial charge in [-0.05, 0) is 33.6 Å². The first-order valence-electron chi connectivity index (χ1n) is 10.4. The van der Waals surface area contributed by atoms with Gasteiger partial charge in [-0.1, -0.05) is 30.3 Å². The average Bonchev–Trinajstić information content (AvgIpc) is 3.13. The topological polar surface area (TPSA) is 53.7 Å². The monoisotopic (exact) mass is 391 g/mol. The summed E-state index contributed by atoms with van der Waals surface area (Å²) in [5, 5.41) is 4.54. The standard InChI is InChI=1S/C23H29N5O/c1-16(2)26(4)23(29)19-10-12-27(13-11-19)21-14-20(18-8-6-5-7-9-18)28-22(25-21)17(3)15-24-28/h5-9,14-16,19H,10-13H2,1-4H3. The van der Waals surface area contributed by atoms with Crippen molar-refractivity contribution in [3.05, 3.63) is 48.2 Å². The van der Waals surface area contributed by atoms with Crippen molar-refractivity contribution in [3.8, 4) is 11.3 Å². The van der Waals surface area contributed by atoms with E-state index >= 15 is 0 Å². The maximum atomic E-state index is 12.7. The van der Waals surface area contributed by atoms with Gasteiger partial charge in [0, 0.05) is 49.3 Å². The van der Waals surface area contributed by atoms with Crippen LogP contribution in [-0.2, 0) is 4.79 Å². The lowest BCUT2D eigenvalue weighted by molar-refractivity contribution is -0.136. The van der Waals surface area contributed by atoms with Crippen molar-refractivity contribution in [2.75, 3.05) is 25.0 Å². The predicted molar refractivity (Wildman–Crippen MR) is 116 cm³/mol. The van der Waals surface area contributed by atoms with Crippen molar-refractivity contribution < 1.29 is 4.79 Å². The molecule has 0 radical (unpaired) electrons. The van der Waals surface area contributed by atoms with Gasteiger partial charge in [-0.25, -0.2) is 9.50 Å². The number of piperidine rings is 1. The van der Waals surface area contributed by atoms with E-state index in [-0.39, 0.29) is 17.9 Å². The minimum absolute atomic E-state index is 0.104. The second kappa shape index (κ2) is 7.85. The van der Waals surface area contributed by atoms with Crippen molar-refractivity contribution in [3.63, 3.8) is 0 Å². The van der Waals surface area contributed by atoms with E-state index in [0.717, 1.165) is 54.2 Å². The predicted octanol–water partition coefficient (Wildman–Crippen LogP) is 3.79. The molecule has 1 aliphatic rings. The van der Waals surface area contributed by atoms with Crippen LogP contribution in [0, 0.1) is 12.8 Å². The van der Waals surface area contributed by atoms with Crippen LogP contribution in [0.2, 0.25) is 0 Å². The molecule has 0 atom stereocenters. The SMILES string of the molecule is Cc1cnn2c(-c3ccccc3)cc(N3CCC(C(=O)N(C)C(C)C)CC3)nc12. The third-order valence-corrected chi connectivity index (χ3v) is 5.99. The van der Waals surface area contributed by atoms with E-state index in [1.807, 2.05) is 47.8 Å². The molecular formula is C23H29N5O. The van der Waals surface area contributed by atoms with Crippen molar-refractivity contribution in [2.45, 2.75) is 39.7 Å². The molecular weight excluding hydrogens is 362 g/mol. The van der Waals surface area contributed by atoms with Crippen LogP contribution in [0.4, 0.5) is 5.82 Å². The van der Waals surface area contributed by atoms with Gasteiger partial charge in [0.2, 0.25) is 5.91 Å². The van der Waals surface area contributed by atoms with Crippen molar-refractivity contribution >= 4 is 17.4 Å². The minimum Gasteiger partial charge on any atom is -0.356 e. The largest absolute Gasteiger partial charge is 0.356 e. The second-order valence-corrected chi connectivity index (χ2v) is 8.23. The average molecular weight is 392 g/mol. The molecule has 1 aromatic carbocycles. The quantitative estimate of drug-likeness (QED) is 0.679. The minimum atomic E-state index is 0.104. The number of amides is 1. The third kappa shape index (κ3) is 3.71. The van der Waals surface area contributed by atoms with Crippen LogP contribution in [0.3, 0.4) is 0 Å². The fourth-order valence-electron chi connectivity index (χ4n) is 3.93. The zero-order valence-electron chi connectivity index (χ0n) is 17.7. The van der Waals surface area contributed by atoms with Gasteiger partial charge >= 0.3 is 0 Å². The smallest absolute Gasteiger partial charge is 0.225 e. The number of rotatable bonds is 4. The summed E-state index contributed by atoms with van der Waals surface area (Å²) >= 11 is 0. The van der Waals surface area contributed by atoms with Gasteiger partial charge in [0.25, 0.3) is 0 Å². The number of benzene rings is 1. The summed E-state index contributed by atoms with van der Waals surface area (Å²) in [5.74, 6) is 1.33. The number of anilines is 1. The van der Waals surface area contributed by atoms with Gasteiger partial charge in [-0.3, -0.25) is 4.79 Å². The van der Waals surface area contributed by atoms with Gasteiger partial charge in [-0.2, -0.15) is 5.10 Å². The molecule has 2 aromatic heterocycles. The van der Waals surface area contributed by atoms with Crippen LogP contribution < -0.4 is 4.90 Å². The summed E-state index contributed by atoms with van der Waals surface area (Å²) in [6.07, 6.45) is 3.59. The molecule has 6 nitrogen and oxygen atoms in total. The summed E-state index contributed by atoms with van der Waals surface area (Å²) in [5.41, 5.74) is 4.11. The zero-order valence-corrected chi connectivity index (χ0v) is 17.7.